The number of likely N-dealkylation sites (N-methyl/N-ethyl adjacent to an activating group) is 1. The highest BCUT2D eigenvalue weighted by Gasteiger charge is 2.70. The van der Waals surface area contributed by atoms with Crippen molar-refractivity contribution in [2.24, 2.45) is 17.6 Å². The largest absolute Gasteiger partial charge is 0.508 e. The fraction of sp³-hybridized carbons (Fsp3) is 0.409. The summed E-state index contributed by atoms with van der Waals surface area (Å²) < 4.78 is 0. The number of phenolic OH excluding ortho intramolecular Hbond substituents is 1. The molecule has 3 aliphatic carbocycles. The molecule has 176 valence electrons. The van der Waals surface area contributed by atoms with Crippen LogP contribution in [0.1, 0.15) is 18.1 Å². The molecule has 0 unspecified atom stereocenters. The summed E-state index contributed by atoms with van der Waals surface area (Å²) in [4.78, 5) is 39.9. The molecular formula is C22H24N2O9. The first-order valence-electron chi connectivity index (χ1n) is 10.1. The van der Waals surface area contributed by atoms with Gasteiger partial charge in [-0.2, -0.15) is 0 Å². The molecule has 1 fully saturated rings. The Labute approximate surface area is 187 Å². The maximum atomic E-state index is 13.7. The highest BCUT2D eigenvalue weighted by atomic mass is 16.5. The SMILES string of the molecule is [13CH3][15N]([13CH3])[13C@@H]1[13C](=O)[13C]([13C]([15NH2])=O)=[13C](O)[13C@@]2(O)[13C](=O)[13C]3=[13C](O)[13c]4[13c](O)[13cH][13cH][13cH][13c]4[13C@@]([13CH3])(O)[13C@H]3[13C@H](O)[13C@@H]12. The third-order valence-electron chi connectivity index (χ3n) is 7.03. The summed E-state index contributed by atoms with van der Waals surface area (Å²) in [6.45, 7) is 1.25. The number of aromatic hydroxyl groups is 1. The first-order chi connectivity index (χ1) is 15.2. The van der Waals surface area contributed by atoms with E-state index in [0.717, 1.165) is 0 Å². The van der Waals surface area contributed by atoms with Gasteiger partial charge in [0, 0.05) is 0 Å². The maximum absolute atomic E-state index is 13.7. The Bertz CT molecular complexity index is 1180. The fourth-order valence-corrected chi connectivity index (χ4v) is 5.60. The van der Waals surface area contributed by atoms with Gasteiger partial charge in [-0.1, -0.05) is 12.1 Å². The normalized spacial score (nSPS) is 36.0. The quantitative estimate of drug-likeness (QED) is 0.149. The molecule has 6 atom stereocenters. The van der Waals surface area contributed by atoms with Gasteiger partial charge in [-0.05, 0) is 32.6 Å². The zero-order chi connectivity index (χ0) is 24.8. The minimum Gasteiger partial charge on any atom is -0.508 e. The van der Waals surface area contributed by atoms with Gasteiger partial charge in [0.05, 0.1) is 40.7 Å². The fourth-order valence-electron chi connectivity index (χ4n) is 5.60. The van der Waals surface area contributed by atoms with E-state index in [1.54, 1.807) is 0 Å². The minimum atomic E-state index is -3.02. The number of phenols is 1. The van der Waals surface area contributed by atoms with E-state index in [4.69, 9.17) is 5.73 Å². The van der Waals surface area contributed by atoms with Gasteiger partial charge in [-0.3, -0.25) is 19.3 Å². The standard InChI is InChI=1S/C22H24N2O9/c1-21(32)7-5-4-6-8(25)9(7)15(26)10-12(21)17(28)13-14(24(2)3)16(27)11(20(23)31)19(30)22(13,33)18(10)29/h4-6,12-14,17,25-26,28,30,32-33H,1-3H3,(H2,23,31)/t12-,13-,14+,17+,21-,22+/m1/s1/i1+1,2+1,3+1,4+1,5+1,6+1,7+1,8+1,9+1,10+1,11+1,12+1,13+1,14+1,15+1,16+1,17+1,18+1,19+1,20+1,21+1,22+1,23+1,24+1. The molecule has 11 heteroatoms. The lowest BCUT2D eigenvalue weighted by atomic mass is 10.5. The molecule has 11 nitrogen and oxygen atoms in total. The van der Waals surface area contributed by atoms with Crippen LogP contribution >= 0.6 is 0 Å². The van der Waals surface area contributed by atoms with Crippen LogP contribution in [0.3, 0.4) is 0 Å². The summed E-state index contributed by atoms with van der Waals surface area (Å²) in [6.07, 6.45) is -1.87. The summed E-state index contributed by atoms with van der Waals surface area (Å²) in [5, 5.41) is 66.3. The Hall–Kier alpha value is -3.25. The molecule has 4 rings (SSSR count). The second-order valence-electron chi connectivity index (χ2n) is 9.06. The van der Waals surface area contributed by atoms with E-state index in [-0.39, 0.29) is 11.1 Å². The lowest BCUT2D eigenvalue weighted by molar-refractivity contribution is -0.181. The number of Topliss-reactive ketones (excluding diaryl/α,β-unsaturated/α-hetero) is 2. The molecule has 0 saturated heterocycles. The van der Waals surface area contributed by atoms with Crippen LogP contribution in [0.15, 0.2) is 35.1 Å². The Kier molecular flexibility index (Phi) is 4.78. The van der Waals surface area contributed by atoms with Crippen molar-refractivity contribution in [3.63, 3.8) is 0 Å². The van der Waals surface area contributed by atoms with Crippen molar-refractivity contribution in [1.29, 1.82) is 0 Å². The van der Waals surface area contributed by atoms with Crippen LogP contribution in [0.25, 0.3) is 5.76 Å². The van der Waals surface area contributed by atoms with Crippen molar-refractivity contribution in [3.05, 3.63) is 46.2 Å². The molecule has 1 saturated carbocycles. The van der Waals surface area contributed by atoms with Crippen molar-refractivity contribution >= 4 is 23.2 Å². The number of aliphatic hydroxyl groups is 5. The van der Waals surface area contributed by atoms with Crippen LogP contribution in [0.2, 0.25) is 0 Å². The lowest BCUT2D eigenvalue weighted by Gasteiger charge is -2.55. The Morgan fingerprint density at radius 3 is 2.27 bits per heavy atom. The summed E-state index contributed by atoms with van der Waals surface area (Å²) in [7, 11) is 2.80. The second-order valence-corrected chi connectivity index (χ2v) is 9.06. The van der Waals surface area contributed by atoms with Crippen LogP contribution in [0, 0.1) is 11.8 Å². The van der Waals surface area contributed by atoms with Crippen molar-refractivity contribution in [3.8, 4) is 5.75 Å². The van der Waals surface area contributed by atoms with Gasteiger partial charge in [-0.25, -0.2) is 0 Å². The number of carbonyl (C=O) groups excluding carboxylic acids is 3. The molecule has 1 aromatic rings. The van der Waals surface area contributed by atoms with Gasteiger partial charge >= 0.3 is 0 Å². The van der Waals surface area contributed by atoms with Crippen LogP contribution in [0.4, 0.5) is 0 Å². The van der Waals surface area contributed by atoms with E-state index in [1.807, 2.05) is 0 Å². The average Bonchev–Trinajstić information content (AvgIpc) is 2.70. The topological polar surface area (TPSA) is 202 Å². The van der Waals surface area contributed by atoms with Crippen molar-refractivity contribution in [2.75, 3.05) is 14.1 Å². The van der Waals surface area contributed by atoms with E-state index < -0.39 is 81.1 Å². The number of carbonyl (C=O) groups is 3. The second kappa shape index (κ2) is 6.87. The monoisotopic (exact) mass is 484 g/mol. The predicted molar refractivity (Wildman–Crippen MR) is 112 cm³/mol. The number of fused-ring (bicyclic) bond motifs is 3. The molecule has 0 aromatic heterocycles. The number of nitrogens with two attached hydrogens (primary N) is 1. The van der Waals surface area contributed by atoms with Crippen LogP contribution < -0.4 is 5.73 Å². The smallest absolute Gasteiger partial charge is 0.255 e. The van der Waals surface area contributed by atoms with Gasteiger partial charge in [0.2, 0.25) is 5.78 Å². The molecule has 0 spiro atoms. The maximum Gasteiger partial charge on any atom is 0.255 e. The van der Waals surface area contributed by atoms with E-state index in [2.05, 4.69) is 0 Å². The summed E-state index contributed by atoms with van der Waals surface area (Å²) in [6, 6.07) is 2.50. The average molecular weight is 484 g/mol. The number of hydrogen-bond acceptors (Lipinski definition) is 10. The first kappa shape index (κ1) is 22.9. The summed E-state index contributed by atoms with van der Waals surface area (Å²) >= 11 is 0. The van der Waals surface area contributed by atoms with Gasteiger partial charge < -0.3 is 36.4 Å². The van der Waals surface area contributed by atoms with Gasteiger partial charge in [0.15, 0.2) is 11.4 Å². The van der Waals surface area contributed by atoms with E-state index in [0.29, 0.717) is 0 Å². The molecule has 0 heterocycles. The van der Waals surface area contributed by atoms with Crippen LogP contribution in [0.5, 0.6) is 5.75 Å². The number of nitrogens with zero attached hydrogens (tertiary/aromatic N) is 1. The van der Waals surface area contributed by atoms with Crippen molar-refractivity contribution in [1.82, 2.24) is 4.90 Å². The van der Waals surface area contributed by atoms with Crippen molar-refractivity contribution in [2.45, 2.75) is 30.3 Å². The molecule has 1 amide bonds. The number of rotatable bonds is 2. The third kappa shape index (κ3) is 2.61. The number of ketones is 2. The van der Waals surface area contributed by atoms with Crippen LogP contribution in [-0.4, -0.2) is 84.9 Å². The highest BCUT2D eigenvalue weighted by molar-refractivity contribution is 6.24. The van der Waals surface area contributed by atoms with Gasteiger partial charge in [0.1, 0.15) is 22.8 Å². The summed E-state index contributed by atoms with van der Waals surface area (Å²) in [5.74, 6) is -9.67. The number of hydrogen-bond donors (Lipinski definition) is 7. The molecule has 3 aliphatic rings. The van der Waals surface area contributed by atoms with E-state index >= 15 is 0 Å². The molecule has 8 N–H and O–H groups in total. The first-order valence-corrected chi connectivity index (χ1v) is 10.1. The number of benzene rings is 1. The lowest BCUT2D eigenvalue weighted by Crippen LogP contribution is -2.71. The number of primary amides is 1. The van der Waals surface area contributed by atoms with E-state index in [1.165, 1.54) is 44.1 Å². The van der Waals surface area contributed by atoms with Gasteiger partial charge in [0.25, 0.3) is 5.91 Å². The van der Waals surface area contributed by atoms with Crippen LogP contribution in [-0.2, 0) is 20.0 Å². The molecule has 0 bridgehead atoms. The summed E-state index contributed by atoms with van der Waals surface area (Å²) in [5.41, 5.74) is -1.78. The van der Waals surface area contributed by atoms with E-state index in [9.17, 15) is 45.0 Å². The molecule has 0 radical (unpaired) electrons. The zero-order valence-corrected chi connectivity index (χ0v) is 18.0. The highest BCUT2D eigenvalue weighted by Crippen LogP contribution is 2.57. The zero-order valence-electron chi connectivity index (χ0n) is 18.0. The molecule has 0 aliphatic heterocycles. The third-order valence-corrected chi connectivity index (χ3v) is 7.03. The van der Waals surface area contributed by atoms with Crippen molar-refractivity contribution < 1.29 is 45.0 Å². The minimum absolute atomic E-state index is 0.00664. The number of aliphatic hydroxyl groups excluding tert-OH is 3. The van der Waals surface area contributed by atoms with Gasteiger partial charge in [-0.15, -0.1) is 0 Å². The Morgan fingerprint density at radius 1 is 1.12 bits per heavy atom. The predicted octanol–water partition coefficient (Wildman–Crippen LogP) is -1.40. The molecule has 33 heavy (non-hydrogen) atoms. The molecule has 1 aromatic carbocycles. The number of amides is 1. The Balaban J connectivity index is 2.11. The molecular weight excluding hydrogens is 460 g/mol. The Morgan fingerprint density at radius 2 is 1.73 bits per heavy atom.